The summed E-state index contributed by atoms with van der Waals surface area (Å²) < 4.78 is 6.07. The van der Waals surface area contributed by atoms with Crippen molar-refractivity contribution in [3.05, 3.63) is 36.2 Å². The number of nitrogens with one attached hydrogen (secondary N) is 2. The molecule has 122 valence electrons. The van der Waals surface area contributed by atoms with Gasteiger partial charge in [0.05, 0.1) is 32.4 Å². The van der Waals surface area contributed by atoms with E-state index in [0.717, 1.165) is 0 Å². The van der Waals surface area contributed by atoms with Gasteiger partial charge in [-0.15, -0.1) is 0 Å². The lowest BCUT2D eigenvalue weighted by atomic mass is 10.3. The highest BCUT2D eigenvalue weighted by atomic mass is 16.5. The van der Waals surface area contributed by atoms with E-state index in [1.165, 1.54) is 11.8 Å². The average molecular weight is 319 g/mol. The zero-order valence-corrected chi connectivity index (χ0v) is 12.5. The number of pyridine rings is 1. The van der Waals surface area contributed by atoms with Gasteiger partial charge in [-0.2, -0.15) is 5.10 Å². The average Bonchev–Trinajstić information content (AvgIpc) is 2.94. The molecule has 3 N–H and O–H groups in total. The number of hydrogen-bond acceptors (Lipinski definition) is 6. The normalized spacial score (nSPS) is 10.2. The van der Waals surface area contributed by atoms with Gasteiger partial charge in [0, 0.05) is 12.3 Å². The van der Waals surface area contributed by atoms with Crippen LogP contribution >= 0.6 is 0 Å². The number of hydrogen-bond donors (Lipinski definition) is 3. The number of esters is 1. The molecule has 0 saturated heterocycles. The van der Waals surface area contributed by atoms with Gasteiger partial charge < -0.3 is 9.84 Å². The van der Waals surface area contributed by atoms with Crippen LogP contribution < -0.4 is 10.6 Å². The molecule has 0 atom stereocenters. The first-order valence-electron chi connectivity index (χ1n) is 6.86. The minimum atomic E-state index is -0.512. The number of methoxy groups -OCH3 is 1. The molecule has 2 heterocycles. The van der Waals surface area contributed by atoms with Gasteiger partial charge in [0.2, 0.25) is 0 Å². The number of aliphatic hydroxyl groups is 1. The maximum atomic E-state index is 11.9. The van der Waals surface area contributed by atoms with E-state index in [4.69, 9.17) is 5.11 Å². The summed E-state index contributed by atoms with van der Waals surface area (Å²) in [5, 5.41) is 18.0. The van der Waals surface area contributed by atoms with Gasteiger partial charge in [-0.05, 0) is 12.1 Å². The van der Waals surface area contributed by atoms with Gasteiger partial charge in [0.1, 0.15) is 5.82 Å². The largest absolute Gasteiger partial charge is 0.469 e. The molecule has 0 bridgehead atoms. The van der Waals surface area contributed by atoms with E-state index in [2.05, 4.69) is 25.5 Å². The maximum Gasteiger partial charge on any atom is 0.326 e. The lowest BCUT2D eigenvalue weighted by Crippen LogP contribution is -2.21. The van der Waals surface area contributed by atoms with Crippen LogP contribution in [0.2, 0.25) is 0 Å². The molecule has 0 aromatic carbocycles. The van der Waals surface area contributed by atoms with Crippen molar-refractivity contribution < 1.29 is 19.4 Å². The number of carbonyl (C=O) groups excluding carboxylic acids is 2. The Hall–Kier alpha value is -2.94. The van der Waals surface area contributed by atoms with E-state index in [1.807, 2.05) is 0 Å². The molecule has 0 aliphatic carbocycles. The van der Waals surface area contributed by atoms with Gasteiger partial charge in [-0.25, -0.2) is 9.78 Å². The molecule has 0 aliphatic rings. The Morgan fingerprint density at radius 3 is 2.78 bits per heavy atom. The lowest BCUT2D eigenvalue weighted by Gasteiger charge is -2.06. The van der Waals surface area contributed by atoms with Gasteiger partial charge in [-0.1, -0.05) is 6.07 Å². The molecular formula is C14H17N5O4. The molecule has 2 amide bonds. The summed E-state index contributed by atoms with van der Waals surface area (Å²) in [5.41, 5.74) is 0.488. The fourth-order valence-corrected chi connectivity index (χ4v) is 1.79. The predicted octanol–water partition coefficient (Wildman–Crippen LogP) is 0.630. The van der Waals surface area contributed by atoms with Crippen LogP contribution in [0.5, 0.6) is 0 Å². The van der Waals surface area contributed by atoms with E-state index in [9.17, 15) is 9.59 Å². The molecule has 2 aromatic heterocycles. The highest BCUT2D eigenvalue weighted by molar-refractivity contribution is 5.98. The van der Waals surface area contributed by atoms with Crippen LogP contribution in [0.4, 0.5) is 16.4 Å². The third kappa shape index (κ3) is 5.08. The smallest absolute Gasteiger partial charge is 0.326 e. The standard InChI is InChI=1S/C14H17N5O4/c1-23-13(21)9-10-3-2-4-11(15-10)16-14(22)17-12-5-6-19(18-12)7-8-20/h2-6,20H,7-9H2,1H3,(H2,15,16,17,18,22). The fraction of sp³-hybridized carbons (Fsp3) is 0.286. The van der Waals surface area contributed by atoms with Crippen molar-refractivity contribution in [2.45, 2.75) is 13.0 Å². The minimum absolute atomic E-state index is 0.0270. The van der Waals surface area contributed by atoms with Gasteiger partial charge in [0.15, 0.2) is 5.82 Å². The molecule has 0 fully saturated rings. The van der Waals surface area contributed by atoms with Gasteiger partial charge >= 0.3 is 12.0 Å². The predicted molar refractivity (Wildman–Crippen MR) is 81.9 cm³/mol. The van der Waals surface area contributed by atoms with Crippen molar-refractivity contribution >= 4 is 23.6 Å². The topological polar surface area (TPSA) is 118 Å². The SMILES string of the molecule is COC(=O)Cc1cccc(NC(=O)Nc2ccn(CCO)n2)n1. The minimum Gasteiger partial charge on any atom is -0.469 e. The molecule has 0 aliphatic heterocycles. The molecule has 0 spiro atoms. The molecule has 9 nitrogen and oxygen atoms in total. The van der Waals surface area contributed by atoms with Crippen molar-refractivity contribution in [3.63, 3.8) is 0 Å². The first-order chi connectivity index (χ1) is 11.1. The second kappa shape index (κ2) is 7.90. The molecule has 0 unspecified atom stereocenters. The third-order valence-corrected chi connectivity index (χ3v) is 2.81. The molecular weight excluding hydrogens is 302 g/mol. The number of aromatic nitrogens is 3. The second-order valence-corrected chi connectivity index (χ2v) is 4.53. The molecule has 2 rings (SSSR count). The van der Waals surface area contributed by atoms with Crippen molar-refractivity contribution in [1.82, 2.24) is 14.8 Å². The third-order valence-electron chi connectivity index (χ3n) is 2.81. The summed E-state index contributed by atoms with van der Waals surface area (Å²) in [6, 6.07) is 6.04. The Balaban J connectivity index is 1.94. The summed E-state index contributed by atoms with van der Waals surface area (Å²) in [7, 11) is 1.30. The monoisotopic (exact) mass is 319 g/mol. The number of nitrogens with zero attached hydrogens (tertiary/aromatic N) is 3. The lowest BCUT2D eigenvalue weighted by molar-refractivity contribution is -0.139. The summed E-state index contributed by atoms with van der Waals surface area (Å²) in [5.74, 6) is 0.244. The number of aliphatic hydroxyl groups excluding tert-OH is 1. The molecule has 9 heteroatoms. The second-order valence-electron chi connectivity index (χ2n) is 4.53. The number of amides is 2. The zero-order valence-electron chi connectivity index (χ0n) is 12.5. The fourth-order valence-electron chi connectivity index (χ4n) is 1.79. The Bertz CT molecular complexity index is 685. The first kappa shape index (κ1) is 16.4. The van der Waals surface area contributed by atoms with Crippen LogP contribution in [-0.4, -0.2) is 45.6 Å². The number of rotatable bonds is 6. The van der Waals surface area contributed by atoms with E-state index < -0.39 is 12.0 Å². The summed E-state index contributed by atoms with van der Waals surface area (Å²) >= 11 is 0. The van der Waals surface area contributed by atoms with Crippen LogP contribution in [0.3, 0.4) is 0 Å². The van der Waals surface area contributed by atoms with Crippen molar-refractivity contribution in [2.24, 2.45) is 0 Å². The Morgan fingerprint density at radius 2 is 2.04 bits per heavy atom. The summed E-state index contributed by atoms with van der Waals surface area (Å²) in [6.45, 7) is 0.310. The highest BCUT2D eigenvalue weighted by Crippen LogP contribution is 2.08. The number of carbonyl (C=O) groups is 2. The van der Waals surface area contributed by atoms with Crippen LogP contribution in [0.15, 0.2) is 30.5 Å². The Morgan fingerprint density at radius 1 is 1.26 bits per heavy atom. The Kier molecular flexibility index (Phi) is 5.64. The van der Waals surface area contributed by atoms with Crippen LogP contribution in [0.25, 0.3) is 0 Å². The molecule has 0 radical (unpaired) electrons. The van der Waals surface area contributed by atoms with E-state index in [0.29, 0.717) is 23.9 Å². The quantitative estimate of drug-likeness (QED) is 0.672. The van der Waals surface area contributed by atoms with E-state index in [-0.39, 0.29) is 13.0 Å². The van der Waals surface area contributed by atoms with Crippen LogP contribution in [0.1, 0.15) is 5.69 Å². The zero-order chi connectivity index (χ0) is 16.7. The maximum absolute atomic E-state index is 11.9. The number of anilines is 2. The Labute approximate surface area is 132 Å². The molecule has 2 aromatic rings. The van der Waals surface area contributed by atoms with Crippen molar-refractivity contribution in [3.8, 4) is 0 Å². The van der Waals surface area contributed by atoms with Crippen molar-refractivity contribution in [2.75, 3.05) is 24.4 Å². The number of urea groups is 1. The highest BCUT2D eigenvalue weighted by Gasteiger charge is 2.08. The molecule has 23 heavy (non-hydrogen) atoms. The molecule has 0 saturated carbocycles. The van der Waals surface area contributed by atoms with Gasteiger partial charge in [0.25, 0.3) is 0 Å². The van der Waals surface area contributed by atoms with E-state index in [1.54, 1.807) is 30.5 Å². The summed E-state index contributed by atoms with van der Waals surface area (Å²) in [6.07, 6.45) is 1.67. The van der Waals surface area contributed by atoms with E-state index >= 15 is 0 Å². The van der Waals surface area contributed by atoms with Crippen LogP contribution in [-0.2, 0) is 22.5 Å². The summed E-state index contributed by atoms with van der Waals surface area (Å²) in [4.78, 5) is 27.3. The van der Waals surface area contributed by atoms with Crippen LogP contribution in [0, 0.1) is 0 Å². The first-order valence-corrected chi connectivity index (χ1v) is 6.86. The van der Waals surface area contributed by atoms with Gasteiger partial charge in [-0.3, -0.25) is 20.1 Å². The van der Waals surface area contributed by atoms with Crippen molar-refractivity contribution in [1.29, 1.82) is 0 Å². The number of ether oxygens (including phenoxy) is 1.